The highest BCUT2D eigenvalue weighted by atomic mass is 35.5. The maximum Gasteiger partial charge on any atom is 0.257 e. The Morgan fingerprint density at radius 1 is 0.929 bits per heavy atom. The number of amides is 1. The smallest absolute Gasteiger partial charge is 0.257 e. The van der Waals surface area contributed by atoms with E-state index in [1.54, 1.807) is 42.5 Å². The normalized spacial score (nSPS) is 10.2. The summed E-state index contributed by atoms with van der Waals surface area (Å²) in [6, 6.07) is 21.6. The Kier molecular flexibility index (Phi) is 6.87. The number of hydrogen-bond donors (Lipinski definition) is 2. The van der Waals surface area contributed by atoms with E-state index in [2.05, 4.69) is 10.6 Å². The van der Waals surface area contributed by atoms with Crippen LogP contribution in [0.4, 0.5) is 5.69 Å². The lowest BCUT2D eigenvalue weighted by molar-refractivity contribution is 0.0977. The van der Waals surface area contributed by atoms with E-state index in [1.807, 2.05) is 30.3 Å². The highest BCUT2D eigenvalue weighted by Crippen LogP contribution is 2.22. The van der Waals surface area contributed by atoms with Gasteiger partial charge in [-0.05, 0) is 60.2 Å². The number of benzene rings is 3. The van der Waals surface area contributed by atoms with Crippen molar-refractivity contribution in [3.63, 3.8) is 0 Å². The predicted molar refractivity (Wildman–Crippen MR) is 117 cm³/mol. The van der Waals surface area contributed by atoms with Gasteiger partial charge in [-0.25, -0.2) is 0 Å². The van der Waals surface area contributed by atoms with E-state index in [1.165, 1.54) is 0 Å². The van der Waals surface area contributed by atoms with Crippen molar-refractivity contribution in [1.82, 2.24) is 5.32 Å². The molecule has 3 aromatic carbocycles. The fourth-order valence-corrected chi connectivity index (χ4v) is 3.14. The van der Waals surface area contributed by atoms with Crippen LogP contribution in [-0.2, 0) is 6.61 Å². The fourth-order valence-electron chi connectivity index (χ4n) is 2.41. The molecule has 0 aliphatic carbocycles. The minimum absolute atomic E-state index is 0.146. The molecule has 0 radical (unpaired) electrons. The summed E-state index contributed by atoms with van der Waals surface area (Å²) in [7, 11) is 0. The molecule has 0 saturated carbocycles. The predicted octanol–water partition coefficient (Wildman–Crippen LogP) is 5.70. The van der Waals surface area contributed by atoms with Gasteiger partial charge in [-0.1, -0.05) is 53.5 Å². The Bertz CT molecular complexity index is 959. The fraction of sp³-hybridized carbons (Fsp3) is 0.0476. The summed E-state index contributed by atoms with van der Waals surface area (Å²) in [6.07, 6.45) is 0. The third kappa shape index (κ3) is 5.96. The van der Waals surface area contributed by atoms with Gasteiger partial charge in [0.25, 0.3) is 5.91 Å². The van der Waals surface area contributed by atoms with Gasteiger partial charge in [0.1, 0.15) is 12.4 Å². The van der Waals surface area contributed by atoms with Gasteiger partial charge in [0, 0.05) is 21.3 Å². The van der Waals surface area contributed by atoms with Crippen molar-refractivity contribution in [2.24, 2.45) is 0 Å². The lowest BCUT2D eigenvalue weighted by Gasteiger charge is -2.11. The van der Waals surface area contributed by atoms with E-state index in [0.717, 1.165) is 5.56 Å². The van der Waals surface area contributed by atoms with Crippen molar-refractivity contribution in [3.8, 4) is 5.75 Å². The third-order valence-electron chi connectivity index (χ3n) is 3.71. The minimum atomic E-state index is -0.333. The van der Waals surface area contributed by atoms with Crippen molar-refractivity contribution >= 4 is 52.1 Å². The molecule has 0 unspecified atom stereocenters. The number of rotatable bonds is 5. The number of carbonyl (C=O) groups excluding carboxylic acids is 1. The van der Waals surface area contributed by atoms with E-state index >= 15 is 0 Å². The molecule has 0 aromatic heterocycles. The van der Waals surface area contributed by atoms with Crippen LogP contribution in [0.25, 0.3) is 0 Å². The molecule has 4 nitrogen and oxygen atoms in total. The number of ether oxygens (including phenoxy) is 1. The number of thiocarbonyl (C=S) groups is 1. The molecule has 0 aliphatic heterocycles. The number of halogens is 2. The van der Waals surface area contributed by atoms with Gasteiger partial charge < -0.3 is 10.1 Å². The minimum Gasteiger partial charge on any atom is -0.489 e. The Hall–Kier alpha value is -2.60. The van der Waals surface area contributed by atoms with E-state index in [0.29, 0.717) is 33.7 Å². The molecule has 0 heterocycles. The first-order chi connectivity index (χ1) is 13.5. The van der Waals surface area contributed by atoms with Crippen LogP contribution in [0.15, 0.2) is 72.8 Å². The Labute approximate surface area is 178 Å². The van der Waals surface area contributed by atoms with E-state index in [-0.39, 0.29) is 11.0 Å². The zero-order valence-electron chi connectivity index (χ0n) is 14.6. The molecular formula is C21H16Cl2N2O2S. The molecule has 7 heteroatoms. The van der Waals surface area contributed by atoms with Crippen molar-refractivity contribution in [3.05, 3.63) is 94.0 Å². The number of anilines is 1. The summed E-state index contributed by atoms with van der Waals surface area (Å²) in [5, 5.41) is 6.58. The average Bonchev–Trinajstić information content (AvgIpc) is 2.66. The quantitative estimate of drug-likeness (QED) is 0.509. The first-order valence-corrected chi connectivity index (χ1v) is 9.51. The molecule has 0 fully saturated rings. The second-order valence-corrected chi connectivity index (χ2v) is 7.15. The molecular weight excluding hydrogens is 415 g/mol. The maximum absolute atomic E-state index is 12.3. The zero-order chi connectivity index (χ0) is 19.9. The van der Waals surface area contributed by atoms with Crippen LogP contribution >= 0.6 is 35.4 Å². The van der Waals surface area contributed by atoms with Crippen molar-refractivity contribution in [1.29, 1.82) is 0 Å². The Balaban J connectivity index is 1.54. The van der Waals surface area contributed by atoms with Gasteiger partial charge in [-0.15, -0.1) is 0 Å². The standard InChI is InChI=1S/C21H16Cl2N2O2S/c22-16-10-17(23)12-18(11-16)24-21(28)25-20(26)15-6-8-19(9-7-15)27-13-14-4-2-1-3-5-14/h1-12H,13H2,(H2,24,25,26,28). The summed E-state index contributed by atoms with van der Waals surface area (Å²) < 4.78 is 5.71. The Morgan fingerprint density at radius 3 is 2.21 bits per heavy atom. The first kappa shape index (κ1) is 20.1. The molecule has 1 amide bonds. The molecule has 0 saturated heterocycles. The summed E-state index contributed by atoms with van der Waals surface area (Å²) in [5.41, 5.74) is 2.12. The van der Waals surface area contributed by atoms with Crippen molar-refractivity contribution < 1.29 is 9.53 Å². The van der Waals surface area contributed by atoms with Crippen LogP contribution in [0.5, 0.6) is 5.75 Å². The SMILES string of the molecule is O=C(NC(=S)Nc1cc(Cl)cc(Cl)c1)c1ccc(OCc2ccccc2)cc1. The van der Waals surface area contributed by atoms with Gasteiger partial charge >= 0.3 is 0 Å². The highest BCUT2D eigenvalue weighted by Gasteiger charge is 2.09. The topological polar surface area (TPSA) is 50.4 Å². The summed E-state index contributed by atoms with van der Waals surface area (Å²) >= 11 is 17.1. The van der Waals surface area contributed by atoms with E-state index < -0.39 is 0 Å². The lowest BCUT2D eigenvalue weighted by Crippen LogP contribution is -2.34. The average molecular weight is 431 g/mol. The monoisotopic (exact) mass is 430 g/mol. The zero-order valence-corrected chi connectivity index (χ0v) is 16.9. The number of hydrogen-bond acceptors (Lipinski definition) is 3. The third-order valence-corrected chi connectivity index (χ3v) is 4.35. The van der Waals surface area contributed by atoms with Crippen LogP contribution in [0.3, 0.4) is 0 Å². The van der Waals surface area contributed by atoms with Gasteiger partial charge in [0.2, 0.25) is 0 Å². The molecule has 3 rings (SSSR count). The molecule has 2 N–H and O–H groups in total. The second kappa shape index (κ2) is 9.55. The van der Waals surface area contributed by atoms with Crippen LogP contribution in [-0.4, -0.2) is 11.0 Å². The largest absolute Gasteiger partial charge is 0.489 e. The summed E-state index contributed by atoms with van der Waals surface area (Å²) in [4.78, 5) is 12.3. The number of carbonyl (C=O) groups is 1. The molecule has 0 spiro atoms. The van der Waals surface area contributed by atoms with Crippen LogP contribution in [0, 0.1) is 0 Å². The van der Waals surface area contributed by atoms with Crippen molar-refractivity contribution in [2.75, 3.05) is 5.32 Å². The second-order valence-electron chi connectivity index (χ2n) is 5.87. The van der Waals surface area contributed by atoms with Crippen LogP contribution < -0.4 is 15.4 Å². The van der Waals surface area contributed by atoms with E-state index in [4.69, 9.17) is 40.2 Å². The first-order valence-electron chi connectivity index (χ1n) is 8.35. The van der Waals surface area contributed by atoms with Gasteiger partial charge in [-0.2, -0.15) is 0 Å². The molecule has 3 aromatic rings. The molecule has 142 valence electrons. The molecule has 0 aliphatic rings. The lowest BCUT2D eigenvalue weighted by atomic mass is 10.2. The molecule has 0 atom stereocenters. The molecule has 0 bridgehead atoms. The summed E-state index contributed by atoms with van der Waals surface area (Å²) in [5.74, 6) is 0.343. The van der Waals surface area contributed by atoms with Gasteiger partial charge in [0.15, 0.2) is 5.11 Å². The van der Waals surface area contributed by atoms with Crippen LogP contribution in [0.1, 0.15) is 15.9 Å². The highest BCUT2D eigenvalue weighted by molar-refractivity contribution is 7.80. The maximum atomic E-state index is 12.3. The van der Waals surface area contributed by atoms with Crippen LogP contribution in [0.2, 0.25) is 10.0 Å². The molecule has 28 heavy (non-hydrogen) atoms. The number of nitrogens with one attached hydrogen (secondary N) is 2. The summed E-state index contributed by atoms with van der Waals surface area (Å²) in [6.45, 7) is 0.461. The van der Waals surface area contributed by atoms with Gasteiger partial charge in [-0.3, -0.25) is 10.1 Å². The van der Waals surface area contributed by atoms with E-state index in [9.17, 15) is 4.79 Å². The van der Waals surface area contributed by atoms with Crippen molar-refractivity contribution in [2.45, 2.75) is 6.61 Å². The Morgan fingerprint density at radius 2 is 1.57 bits per heavy atom. The van der Waals surface area contributed by atoms with Gasteiger partial charge in [0.05, 0.1) is 0 Å².